The number of nitrogens with two attached hydrogens (primary N) is 1. The summed E-state index contributed by atoms with van der Waals surface area (Å²) in [6.45, 7) is 3.22. The van der Waals surface area contributed by atoms with E-state index in [0.717, 1.165) is 18.2 Å². The van der Waals surface area contributed by atoms with Crippen LogP contribution in [0.5, 0.6) is 5.75 Å². The Bertz CT molecular complexity index is 484. The van der Waals surface area contributed by atoms with Crippen LogP contribution < -0.4 is 15.4 Å². The molecule has 3 nitrogen and oxygen atoms in total. The SMILES string of the molecule is COc1cccc(N2CCC[C@H]3CCCC[C@H]32)c1C(C)N. The summed E-state index contributed by atoms with van der Waals surface area (Å²) in [6, 6.07) is 7.08. The normalized spacial score (nSPS) is 27.1. The van der Waals surface area contributed by atoms with Gasteiger partial charge in [-0.15, -0.1) is 0 Å². The van der Waals surface area contributed by atoms with Gasteiger partial charge in [-0.3, -0.25) is 0 Å². The van der Waals surface area contributed by atoms with Crippen LogP contribution in [-0.2, 0) is 0 Å². The second kappa shape index (κ2) is 6.27. The molecule has 1 aliphatic carbocycles. The van der Waals surface area contributed by atoms with E-state index >= 15 is 0 Å². The molecule has 0 radical (unpaired) electrons. The topological polar surface area (TPSA) is 38.5 Å². The molecule has 1 saturated carbocycles. The molecule has 3 rings (SSSR count). The summed E-state index contributed by atoms with van der Waals surface area (Å²) in [5, 5.41) is 0. The largest absolute Gasteiger partial charge is 0.496 e. The van der Waals surface area contributed by atoms with E-state index in [9.17, 15) is 0 Å². The predicted molar refractivity (Wildman–Crippen MR) is 87.9 cm³/mol. The first kappa shape index (κ1) is 14.7. The van der Waals surface area contributed by atoms with Gasteiger partial charge in [0, 0.05) is 29.9 Å². The fourth-order valence-corrected chi connectivity index (χ4v) is 4.34. The number of methoxy groups -OCH3 is 1. The number of rotatable bonds is 3. The van der Waals surface area contributed by atoms with E-state index in [1.54, 1.807) is 7.11 Å². The number of benzene rings is 1. The second-order valence-electron chi connectivity index (χ2n) is 6.63. The molecule has 1 saturated heterocycles. The number of anilines is 1. The minimum Gasteiger partial charge on any atom is -0.496 e. The monoisotopic (exact) mass is 288 g/mol. The van der Waals surface area contributed by atoms with Gasteiger partial charge >= 0.3 is 0 Å². The lowest BCUT2D eigenvalue weighted by Gasteiger charge is -2.46. The average molecular weight is 288 g/mol. The molecule has 1 aliphatic heterocycles. The quantitative estimate of drug-likeness (QED) is 0.917. The molecule has 1 heterocycles. The molecule has 2 N–H and O–H groups in total. The average Bonchev–Trinajstić information content (AvgIpc) is 2.53. The number of ether oxygens (including phenoxy) is 1. The van der Waals surface area contributed by atoms with Crippen LogP contribution in [0.25, 0.3) is 0 Å². The third-order valence-corrected chi connectivity index (χ3v) is 5.27. The van der Waals surface area contributed by atoms with Crippen molar-refractivity contribution in [2.24, 2.45) is 11.7 Å². The first-order chi connectivity index (χ1) is 10.2. The van der Waals surface area contributed by atoms with Crippen molar-refractivity contribution in [3.05, 3.63) is 23.8 Å². The fourth-order valence-electron chi connectivity index (χ4n) is 4.34. The Hall–Kier alpha value is -1.22. The van der Waals surface area contributed by atoms with Crippen molar-refractivity contribution in [1.82, 2.24) is 0 Å². The molecule has 116 valence electrons. The smallest absolute Gasteiger partial charge is 0.125 e. The number of hydrogen-bond acceptors (Lipinski definition) is 3. The van der Waals surface area contributed by atoms with E-state index in [0.29, 0.717) is 6.04 Å². The predicted octanol–water partition coefficient (Wildman–Crippen LogP) is 3.87. The maximum absolute atomic E-state index is 6.26. The molecule has 0 aromatic heterocycles. The van der Waals surface area contributed by atoms with Crippen LogP contribution in [0.1, 0.15) is 57.1 Å². The standard InChI is InChI=1S/C18H28N2O/c1-13(19)18-16(10-5-11-17(18)21-2)20-12-6-8-14-7-3-4-9-15(14)20/h5,10-11,13-15H,3-4,6-9,12,19H2,1-2H3/t13?,14-,15-/m1/s1. The summed E-state index contributed by atoms with van der Waals surface area (Å²) in [7, 11) is 1.74. The van der Waals surface area contributed by atoms with Gasteiger partial charge in [0.2, 0.25) is 0 Å². The summed E-state index contributed by atoms with van der Waals surface area (Å²) in [4.78, 5) is 2.63. The van der Waals surface area contributed by atoms with Crippen LogP contribution in [0.3, 0.4) is 0 Å². The number of hydrogen-bond donors (Lipinski definition) is 1. The van der Waals surface area contributed by atoms with Crippen LogP contribution in [0.15, 0.2) is 18.2 Å². The second-order valence-corrected chi connectivity index (χ2v) is 6.63. The number of nitrogens with zero attached hydrogens (tertiary/aromatic N) is 1. The van der Waals surface area contributed by atoms with Gasteiger partial charge in [0.15, 0.2) is 0 Å². The molecule has 1 aromatic carbocycles. The van der Waals surface area contributed by atoms with Gasteiger partial charge in [0.05, 0.1) is 7.11 Å². The van der Waals surface area contributed by atoms with Crippen LogP contribution >= 0.6 is 0 Å². The summed E-state index contributed by atoms with van der Waals surface area (Å²) >= 11 is 0. The van der Waals surface area contributed by atoms with Crippen LogP contribution in [-0.4, -0.2) is 19.7 Å². The van der Waals surface area contributed by atoms with Gasteiger partial charge in [0.1, 0.15) is 5.75 Å². The van der Waals surface area contributed by atoms with Crippen molar-refractivity contribution >= 4 is 5.69 Å². The van der Waals surface area contributed by atoms with E-state index in [4.69, 9.17) is 10.5 Å². The zero-order chi connectivity index (χ0) is 14.8. The first-order valence-electron chi connectivity index (χ1n) is 8.41. The maximum atomic E-state index is 6.26. The van der Waals surface area contributed by atoms with Gasteiger partial charge in [-0.05, 0) is 50.7 Å². The lowest BCUT2D eigenvalue weighted by molar-refractivity contribution is 0.243. The Morgan fingerprint density at radius 1 is 1.19 bits per heavy atom. The summed E-state index contributed by atoms with van der Waals surface area (Å²) < 4.78 is 5.57. The van der Waals surface area contributed by atoms with E-state index in [1.807, 2.05) is 6.07 Å². The van der Waals surface area contributed by atoms with E-state index < -0.39 is 0 Å². The minimum atomic E-state index is 0.000108. The molecular weight excluding hydrogens is 260 g/mol. The first-order valence-corrected chi connectivity index (χ1v) is 8.41. The molecule has 0 spiro atoms. The lowest BCUT2D eigenvalue weighted by atomic mass is 9.78. The van der Waals surface area contributed by atoms with Crippen LogP contribution in [0.2, 0.25) is 0 Å². The highest BCUT2D eigenvalue weighted by Gasteiger charge is 2.34. The highest BCUT2D eigenvalue weighted by atomic mass is 16.5. The van der Waals surface area contributed by atoms with Crippen molar-refractivity contribution < 1.29 is 4.74 Å². The van der Waals surface area contributed by atoms with E-state index in [1.165, 1.54) is 49.8 Å². The molecule has 21 heavy (non-hydrogen) atoms. The Labute approximate surface area is 128 Å². The minimum absolute atomic E-state index is 0.000108. The van der Waals surface area contributed by atoms with E-state index in [-0.39, 0.29) is 6.04 Å². The molecule has 2 fully saturated rings. The van der Waals surface area contributed by atoms with Crippen molar-refractivity contribution in [2.45, 2.75) is 57.5 Å². The van der Waals surface area contributed by atoms with Gasteiger partial charge in [0.25, 0.3) is 0 Å². The highest BCUT2D eigenvalue weighted by molar-refractivity contribution is 5.61. The Balaban J connectivity index is 1.98. The maximum Gasteiger partial charge on any atom is 0.125 e. The molecular formula is C18H28N2O. The zero-order valence-electron chi connectivity index (χ0n) is 13.3. The zero-order valence-corrected chi connectivity index (χ0v) is 13.3. The Kier molecular flexibility index (Phi) is 4.39. The third-order valence-electron chi connectivity index (χ3n) is 5.27. The summed E-state index contributed by atoms with van der Waals surface area (Å²) in [5.41, 5.74) is 8.74. The highest BCUT2D eigenvalue weighted by Crippen LogP contribution is 2.41. The van der Waals surface area contributed by atoms with Crippen molar-refractivity contribution in [1.29, 1.82) is 0 Å². The summed E-state index contributed by atoms with van der Waals surface area (Å²) in [5.74, 6) is 1.81. The Morgan fingerprint density at radius 3 is 2.71 bits per heavy atom. The Morgan fingerprint density at radius 2 is 1.95 bits per heavy atom. The molecule has 1 unspecified atom stereocenters. The van der Waals surface area contributed by atoms with Gasteiger partial charge in [-0.1, -0.05) is 18.9 Å². The molecule has 1 aromatic rings. The van der Waals surface area contributed by atoms with Crippen molar-refractivity contribution in [2.75, 3.05) is 18.6 Å². The van der Waals surface area contributed by atoms with Crippen molar-refractivity contribution in [3.63, 3.8) is 0 Å². The molecule has 0 bridgehead atoms. The van der Waals surface area contributed by atoms with Crippen LogP contribution in [0, 0.1) is 5.92 Å². The third kappa shape index (κ3) is 2.76. The fraction of sp³-hybridized carbons (Fsp3) is 0.667. The molecule has 3 heteroatoms. The molecule has 0 amide bonds. The molecule has 3 atom stereocenters. The number of piperidine rings is 1. The van der Waals surface area contributed by atoms with Gasteiger partial charge in [-0.2, -0.15) is 0 Å². The van der Waals surface area contributed by atoms with Crippen LogP contribution in [0.4, 0.5) is 5.69 Å². The summed E-state index contributed by atoms with van der Waals surface area (Å²) in [6.07, 6.45) is 8.22. The van der Waals surface area contributed by atoms with Gasteiger partial charge < -0.3 is 15.4 Å². The van der Waals surface area contributed by atoms with E-state index in [2.05, 4.69) is 24.0 Å². The van der Waals surface area contributed by atoms with Crippen molar-refractivity contribution in [3.8, 4) is 5.75 Å². The van der Waals surface area contributed by atoms with Gasteiger partial charge in [-0.25, -0.2) is 0 Å². The number of fused-ring (bicyclic) bond motifs is 1. The molecule has 2 aliphatic rings. The lowest BCUT2D eigenvalue weighted by Crippen LogP contribution is -2.47.